The molecule has 1 N–H and O–H groups in total. The van der Waals surface area contributed by atoms with Gasteiger partial charge in [0.2, 0.25) is 5.91 Å². The summed E-state index contributed by atoms with van der Waals surface area (Å²) in [6.45, 7) is 4.03. The Morgan fingerprint density at radius 2 is 2.22 bits per heavy atom. The molecule has 3 aromatic heterocycles. The summed E-state index contributed by atoms with van der Waals surface area (Å²) in [4.78, 5) is 30.2. The van der Waals surface area contributed by atoms with E-state index in [0.717, 1.165) is 17.2 Å². The van der Waals surface area contributed by atoms with Crippen LogP contribution in [-0.2, 0) is 11.3 Å². The van der Waals surface area contributed by atoms with Crippen LogP contribution in [0, 0.1) is 0 Å². The summed E-state index contributed by atoms with van der Waals surface area (Å²) in [5.41, 5.74) is 1.91. The van der Waals surface area contributed by atoms with Gasteiger partial charge >= 0.3 is 0 Å². The number of hydrogen-bond acceptors (Lipinski definition) is 8. The minimum Gasteiger partial charge on any atom is -0.323 e. The van der Waals surface area contributed by atoms with Crippen LogP contribution in [0.1, 0.15) is 0 Å². The van der Waals surface area contributed by atoms with Crippen molar-refractivity contribution in [2.24, 2.45) is 0 Å². The van der Waals surface area contributed by atoms with Gasteiger partial charge in [-0.2, -0.15) is 8.75 Å². The molecule has 10 heteroatoms. The number of rotatable bonds is 6. The van der Waals surface area contributed by atoms with Crippen LogP contribution in [0.15, 0.2) is 52.3 Å². The predicted molar refractivity (Wildman–Crippen MR) is 111 cm³/mol. The van der Waals surface area contributed by atoms with Crippen molar-refractivity contribution in [2.45, 2.75) is 11.7 Å². The molecule has 0 aliphatic rings. The van der Waals surface area contributed by atoms with Gasteiger partial charge in [0.05, 0.1) is 28.6 Å². The fourth-order valence-corrected chi connectivity index (χ4v) is 4.72. The molecule has 0 spiro atoms. The predicted octanol–water partition coefficient (Wildman–Crippen LogP) is 3.38. The first-order valence-corrected chi connectivity index (χ1v) is 10.5. The van der Waals surface area contributed by atoms with Crippen LogP contribution < -0.4 is 10.9 Å². The Labute approximate surface area is 166 Å². The fourth-order valence-electron chi connectivity index (χ4n) is 2.55. The smallest absolute Gasteiger partial charge is 0.263 e. The number of aromatic nitrogens is 4. The summed E-state index contributed by atoms with van der Waals surface area (Å²) in [7, 11) is 0. The van der Waals surface area contributed by atoms with Crippen molar-refractivity contribution in [3.63, 3.8) is 0 Å². The Morgan fingerprint density at radius 3 is 3.07 bits per heavy atom. The molecule has 0 saturated carbocycles. The maximum Gasteiger partial charge on any atom is 0.263 e. The number of allylic oxidation sites excluding steroid dienone is 1. The van der Waals surface area contributed by atoms with Gasteiger partial charge in [-0.15, -0.1) is 17.9 Å². The number of hydrogen-bond donors (Lipinski definition) is 1. The molecular formula is C17H13N5O2S3. The molecule has 0 aliphatic heterocycles. The standard InChI is InChI=1S/C17H13N5O2S3/c1-2-7-22-16(24)10-6-8-25-15(10)19-17(22)26-9-13(23)18-11-4-3-5-12-14(11)21-27-20-12/h2-6,8H,1,7,9H2,(H,18,23). The second kappa shape index (κ2) is 7.59. The van der Waals surface area contributed by atoms with Gasteiger partial charge in [0, 0.05) is 6.54 Å². The zero-order valence-electron chi connectivity index (χ0n) is 13.9. The third-order valence-electron chi connectivity index (χ3n) is 3.75. The van der Waals surface area contributed by atoms with Gasteiger partial charge in [-0.3, -0.25) is 14.2 Å². The van der Waals surface area contributed by atoms with Gasteiger partial charge in [0.15, 0.2) is 5.16 Å². The van der Waals surface area contributed by atoms with Crippen LogP contribution in [0.5, 0.6) is 0 Å². The Balaban J connectivity index is 1.55. The van der Waals surface area contributed by atoms with E-state index in [2.05, 4.69) is 25.6 Å². The maximum absolute atomic E-state index is 12.6. The van der Waals surface area contributed by atoms with E-state index < -0.39 is 0 Å². The lowest BCUT2D eigenvalue weighted by molar-refractivity contribution is -0.113. The van der Waals surface area contributed by atoms with Crippen molar-refractivity contribution in [3.8, 4) is 0 Å². The molecule has 0 atom stereocenters. The molecule has 4 rings (SSSR count). The van der Waals surface area contributed by atoms with Gasteiger partial charge < -0.3 is 5.32 Å². The molecule has 1 aromatic carbocycles. The van der Waals surface area contributed by atoms with Crippen LogP contribution in [-0.4, -0.2) is 30.0 Å². The van der Waals surface area contributed by atoms with E-state index in [9.17, 15) is 9.59 Å². The molecule has 1 amide bonds. The number of benzene rings is 1. The van der Waals surface area contributed by atoms with Crippen LogP contribution in [0.3, 0.4) is 0 Å². The van der Waals surface area contributed by atoms with Gasteiger partial charge in [0.25, 0.3) is 5.56 Å². The van der Waals surface area contributed by atoms with Crippen molar-refractivity contribution in [3.05, 3.63) is 52.7 Å². The van der Waals surface area contributed by atoms with Crippen LogP contribution in [0.4, 0.5) is 5.69 Å². The van der Waals surface area contributed by atoms with Crippen LogP contribution >= 0.6 is 34.8 Å². The van der Waals surface area contributed by atoms with Crippen molar-refractivity contribution in [2.75, 3.05) is 11.1 Å². The number of anilines is 1. The first-order valence-electron chi connectivity index (χ1n) is 7.90. The minimum absolute atomic E-state index is 0.119. The second-order valence-corrected chi connectivity index (χ2v) is 7.88. The summed E-state index contributed by atoms with van der Waals surface area (Å²) in [5.74, 6) is -0.0832. The molecule has 7 nitrogen and oxygen atoms in total. The number of thioether (sulfide) groups is 1. The van der Waals surface area contributed by atoms with Gasteiger partial charge in [0.1, 0.15) is 15.9 Å². The number of carbonyl (C=O) groups excluding carboxylic acids is 1. The second-order valence-electron chi connectivity index (χ2n) is 5.51. The van der Waals surface area contributed by atoms with E-state index in [1.165, 1.54) is 27.7 Å². The highest BCUT2D eigenvalue weighted by Gasteiger charge is 2.14. The first-order chi connectivity index (χ1) is 13.2. The molecule has 4 aromatic rings. The zero-order chi connectivity index (χ0) is 18.8. The zero-order valence-corrected chi connectivity index (χ0v) is 16.4. The molecular weight excluding hydrogens is 402 g/mol. The maximum atomic E-state index is 12.6. The van der Waals surface area contributed by atoms with E-state index >= 15 is 0 Å². The number of nitrogens with zero attached hydrogens (tertiary/aromatic N) is 4. The lowest BCUT2D eigenvalue weighted by Crippen LogP contribution is -2.23. The van der Waals surface area contributed by atoms with Gasteiger partial charge in [-0.05, 0) is 23.6 Å². The molecule has 0 fully saturated rings. The Morgan fingerprint density at radius 1 is 1.33 bits per heavy atom. The lowest BCUT2D eigenvalue weighted by Gasteiger charge is -2.10. The average Bonchev–Trinajstić information content (AvgIpc) is 3.32. The Bertz CT molecular complexity index is 1210. The van der Waals surface area contributed by atoms with Crippen molar-refractivity contribution >= 4 is 67.7 Å². The summed E-state index contributed by atoms with van der Waals surface area (Å²) in [5, 5.41) is 5.77. The van der Waals surface area contributed by atoms with Gasteiger partial charge in [-0.1, -0.05) is 23.9 Å². The molecule has 0 unspecified atom stereocenters. The molecule has 0 saturated heterocycles. The quantitative estimate of drug-likeness (QED) is 0.295. The lowest BCUT2D eigenvalue weighted by atomic mass is 10.2. The third kappa shape index (κ3) is 3.51. The summed E-state index contributed by atoms with van der Waals surface area (Å²) in [6.07, 6.45) is 1.64. The normalized spacial score (nSPS) is 11.1. The molecule has 3 heterocycles. The summed E-state index contributed by atoms with van der Waals surface area (Å²) < 4.78 is 9.91. The largest absolute Gasteiger partial charge is 0.323 e. The Kier molecular flexibility index (Phi) is 5.01. The first kappa shape index (κ1) is 17.8. The average molecular weight is 416 g/mol. The van der Waals surface area contributed by atoms with E-state index in [-0.39, 0.29) is 17.2 Å². The topological polar surface area (TPSA) is 89.8 Å². The van der Waals surface area contributed by atoms with E-state index in [1.807, 2.05) is 17.5 Å². The highest BCUT2D eigenvalue weighted by molar-refractivity contribution is 7.99. The van der Waals surface area contributed by atoms with E-state index in [4.69, 9.17) is 0 Å². The third-order valence-corrected chi connectivity index (χ3v) is 6.08. The Hall–Kier alpha value is -2.56. The number of nitrogens with one attached hydrogen (secondary N) is 1. The molecule has 136 valence electrons. The monoisotopic (exact) mass is 415 g/mol. The van der Waals surface area contributed by atoms with Crippen LogP contribution in [0.25, 0.3) is 21.3 Å². The SMILES string of the molecule is C=CCn1c(SCC(=O)Nc2cccc3nsnc23)nc2sccc2c1=O. The van der Waals surface area contributed by atoms with E-state index in [1.54, 1.807) is 18.2 Å². The molecule has 0 aliphatic carbocycles. The summed E-state index contributed by atoms with van der Waals surface area (Å²) in [6, 6.07) is 7.21. The molecule has 27 heavy (non-hydrogen) atoms. The number of fused-ring (bicyclic) bond motifs is 2. The summed E-state index contributed by atoms with van der Waals surface area (Å²) >= 11 is 3.73. The number of thiophene rings is 1. The van der Waals surface area contributed by atoms with Crippen LogP contribution in [0.2, 0.25) is 0 Å². The highest BCUT2D eigenvalue weighted by atomic mass is 32.2. The highest BCUT2D eigenvalue weighted by Crippen LogP contribution is 2.23. The molecule has 0 bridgehead atoms. The van der Waals surface area contributed by atoms with Crippen molar-refractivity contribution in [1.29, 1.82) is 0 Å². The number of amides is 1. The minimum atomic E-state index is -0.203. The van der Waals surface area contributed by atoms with Crippen molar-refractivity contribution < 1.29 is 4.79 Å². The van der Waals surface area contributed by atoms with Gasteiger partial charge in [-0.25, -0.2) is 4.98 Å². The molecule has 0 radical (unpaired) electrons. The number of carbonyl (C=O) groups is 1. The van der Waals surface area contributed by atoms with Crippen molar-refractivity contribution in [1.82, 2.24) is 18.3 Å². The fraction of sp³-hybridized carbons (Fsp3) is 0.118. The van der Waals surface area contributed by atoms with E-state index in [0.29, 0.717) is 33.1 Å².